The van der Waals surface area contributed by atoms with Crippen LogP contribution < -0.4 is 16.3 Å². The van der Waals surface area contributed by atoms with E-state index in [1.807, 2.05) is 23.6 Å². The Morgan fingerprint density at radius 1 is 1.16 bits per heavy atom. The van der Waals surface area contributed by atoms with Crippen LogP contribution in [0, 0.1) is 6.92 Å². The fraction of sp³-hybridized carbons (Fsp3) is 0.208. The molecule has 190 valence electrons. The van der Waals surface area contributed by atoms with E-state index < -0.39 is 28.6 Å². The summed E-state index contributed by atoms with van der Waals surface area (Å²) < 4.78 is 56.5. The number of amides is 1. The first-order chi connectivity index (χ1) is 17.6. The Kier molecular flexibility index (Phi) is 6.23. The number of aromatic nitrogens is 4. The highest BCUT2D eigenvalue weighted by atomic mass is 32.2. The average molecular weight is 528 g/mol. The Labute approximate surface area is 211 Å². The number of nitrogens with one attached hydrogen (secondary N) is 2. The van der Waals surface area contributed by atoms with Gasteiger partial charge in [-0.15, -0.1) is 4.40 Å². The van der Waals surface area contributed by atoms with E-state index in [0.717, 1.165) is 46.4 Å². The van der Waals surface area contributed by atoms with E-state index in [1.54, 1.807) is 18.3 Å². The van der Waals surface area contributed by atoms with Gasteiger partial charge in [0.2, 0.25) is 0 Å². The molecule has 0 saturated heterocycles. The Bertz CT molecular complexity index is 1600. The van der Waals surface area contributed by atoms with Gasteiger partial charge >= 0.3 is 6.18 Å². The van der Waals surface area contributed by atoms with Gasteiger partial charge in [0.15, 0.2) is 0 Å². The molecule has 0 fully saturated rings. The van der Waals surface area contributed by atoms with E-state index in [1.165, 1.54) is 6.26 Å². The van der Waals surface area contributed by atoms with Crippen molar-refractivity contribution in [1.82, 2.24) is 19.5 Å². The second-order valence-electron chi connectivity index (χ2n) is 8.36. The molecule has 3 aliphatic heterocycles. The molecule has 9 nitrogen and oxygen atoms in total. The van der Waals surface area contributed by atoms with Crippen LogP contribution in [0.4, 0.5) is 24.7 Å². The summed E-state index contributed by atoms with van der Waals surface area (Å²) in [5.74, 6) is 0.691. The molecular formula is C24H20F3N7O2S. The van der Waals surface area contributed by atoms with E-state index in [-0.39, 0.29) is 11.3 Å². The predicted molar refractivity (Wildman–Crippen MR) is 132 cm³/mol. The normalized spacial score (nSPS) is 14.4. The minimum absolute atomic E-state index is 0.131. The number of halogens is 3. The Balaban J connectivity index is 1.54. The lowest BCUT2D eigenvalue weighted by molar-refractivity contribution is -0.137. The SMILES string of the molecule is Cc1ccc(NC(=O)c2cc(C(F)(F)F)ccn2)cc1-c1cc2cn/c(=N\S(C)=O)nc-2n2c1NCC2. The summed E-state index contributed by atoms with van der Waals surface area (Å²) in [5, 5.41) is 6.00. The van der Waals surface area contributed by atoms with Gasteiger partial charge in [-0.1, -0.05) is 6.07 Å². The van der Waals surface area contributed by atoms with Crippen LogP contribution in [-0.4, -0.2) is 42.4 Å². The third-order valence-electron chi connectivity index (χ3n) is 5.81. The molecule has 0 saturated carbocycles. The van der Waals surface area contributed by atoms with Crippen molar-refractivity contribution in [3.8, 4) is 22.5 Å². The molecule has 0 aliphatic carbocycles. The molecule has 1 atom stereocenters. The van der Waals surface area contributed by atoms with Crippen molar-refractivity contribution in [2.45, 2.75) is 19.6 Å². The number of aryl methyl sites for hydroxylation is 1. The zero-order chi connectivity index (χ0) is 26.3. The van der Waals surface area contributed by atoms with Crippen LogP contribution in [0.25, 0.3) is 22.5 Å². The van der Waals surface area contributed by atoms with Gasteiger partial charge < -0.3 is 15.2 Å². The predicted octanol–water partition coefficient (Wildman–Crippen LogP) is 3.64. The zero-order valence-electron chi connectivity index (χ0n) is 19.6. The number of anilines is 2. The number of carbonyl (C=O) groups excluding carboxylic acids is 1. The lowest BCUT2D eigenvalue weighted by atomic mass is 9.98. The van der Waals surface area contributed by atoms with Crippen molar-refractivity contribution in [2.75, 3.05) is 23.4 Å². The van der Waals surface area contributed by atoms with Crippen LogP contribution in [-0.2, 0) is 23.7 Å². The topological polar surface area (TPSA) is 114 Å². The number of benzene rings is 1. The molecule has 0 bridgehead atoms. The maximum atomic E-state index is 13.0. The minimum atomic E-state index is -4.58. The van der Waals surface area contributed by atoms with Crippen molar-refractivity contribution in [1.29, 1.82) is 0 Å². The highest BCUT2D eigenvalue weighted by molar-refractivity contribution is 7.82. The first-order valence-corrected chi connectivity index (χ1v) is 12.6. The summed E-state index contributed by atoms with van der Waals surface area (Å²) in [6.07, 6.45) is -0.572. The second kappa shape index (κ2) is 9.39. The smallest absolute Gasteiger partial charge is 0.369 e. The number of nitrogens with zero attached hydrogens (tertiary/aromatic N) is 5. The molecule has 4 heterocycles. The molecule has 37 heavy (non-hydrogen) atoms. The fourth-order valence-corrected chi connectivity index (χ4v) is 4.46. The van der Waals surface area contributed by atoms with Gasteiger partial charge in [0.25, 0.3) is 11.5 Å². The Morgan fingerprint density at radius 2 is 1.97 bits per heavy atom. The molecule has 0 radical (unpaired) electrons. The van der Waals surface area contributed by atoms with Crippen molar-refractivity contribution in [3.63, 3.8) is 0 Å². The number of carbonyl (C=O) groups is 1. The van der Waals surface area contributed by atoms with Crippen LogP contribution in [0.1, 0.15) is 21.6 Å². The van der Waals surface area contributed by atoms with Crippen LogP contribution in [0.15, 0.2) is 53.2 Å². The summed E-state index contributed by atoms with van der Waals surface area (Å²) in [7, 11) is -1.44. The molecule has 5 rings (SSSR count). The van der Waals surface area contributed by atoms with Crippen molar-refractivity contribution < 1.29 is 22.2 Å². The second-order valence-corrected chi connectivity index (χ2v) is 9.39. The molecule has 1 amide bonds. The molecule has 1 aromatic carbocycles. The number of alkyl halides is 3. The third-order valence-corrected chi connectivity index (χ3v) is 6.23. The molecule has 2 N–H and O–H groups in total. The van der Waals surface area contributed by atoms with Gasteiger partial charge in [0.1, 0.15) is 28.3 Å². The number of hydrogen-bond acceptors (Lipinski definition) is 6. The van der Waals surface area contributed by atoms with Gasteiger partial charge in [0.05, 0.1) is 5.56 Å². The van der Waals surface area contributed by atoms with Crippen molar-refractivity contribution >= 4 is 28.4 Å². The molecule has 2 aromatic rings. The molecule has 1 unspecified atom stereocenters. The Morgan fingerprint density at radius 3 is 2.73 bits per heavy atom. The zero-order valence-corrected chi connectivity index (χ0v) is 20.4. The van der Waals surface area contributed by atoms with Crippen LogP contribution in [0.2, 0.25) is 0 Å². The fourth-order valence-electron chi connectivity index (χ4n) is 4.14. The van der Waals surface area contributed by atoms with E-state index in [0.29, 0.717) is 24.6 Å². The molecule has 1 aromatic heterocycles. The number of pyridine rings is 2. The monoisotopic (exact) mass is 527 g/mol. The van der Waals surface area contributed by atoms with Crippen LogP contribution >= 0.6 is 0 Å². The maximum Gasteiger partial charge on any atom is 0.416 e. The van der Waals surface area contributed by atoms with Crippen molar-refractivity contribution in [3.05, 3.63) is 71.2 Å². The quantitative estimate of drug-likeness (QED) is 0.419. The first kappa shape index (κ1) is 24.6. The summed E-state index contributed by atoms with van der Waals surface area (Å²) in [5.41, 5.74) is 2.54. The summed E-state index contributed by atoms with van der Waals surface area (Å²) in [4.78, 5) is 25.1. The Hall–Kier alpha value is -4.13. The van der Waals surface area contributed by atoms with Gasteiger partial charge in [-0.2, -0.15) is 18.2 Å². The summed E-state index contributed by atoms with van der Waals surface area (Å²) in [6.45, 7) is 3.22. The number of hydrogen-bond donors (Lipinski definition) is 2. The molecule has 3 aliphatic rings. The summed E-state index contributed by atoms with van der Waals surface area (Å²) in [6, 6.07) is 8.69. The van der Waals surface area contributed by atoms with Crippen molar-refractivity contribution in [2.24, 2.45) is 4.40 Å². The van der Waals surface area contributed by atoms with Gasteiger partial charge in [0, 0.05) is 48.6 Å². The van der Waals surface area contributed by atoms with E-state index in [4.69, 9.17) is 0 Å². The lowest BCUT2D eigenvalue weighted by Crippen LogP contribution is -2.18. The average Bonchev–Trinajstić information content (AvgIpc) is 3.35. The third kappa shape index (κ3) is 4.94. The number of fused-ring (bicyclic) bond motifs is 3. The standard InChI is InChI=1S/C24H20F3N7O2S/c1-13-3-4-16(31-22(35)19-10-15(5-6-28-19)24(25,26)27)11-17(13)18-9-14-12-30-23(33-37(2)36)32-20(14)34-8-7-29-21(18)34/h3-6,9-12,29H,7-8H2,1-2H3,(H,31,35)/b33-23+. The highest BCUT2D eigenvalue weighted by Gasteiger charge is 2.31. The van der Waals surface area contributed by atoms with Gasteiger partial charge in [-0.05, 0) is 48.4 Å². The van der Waals surface area contributed by atoms with Crippen LogP contribution in [0.3, 0.4) is 0 Å². The largest absolute Gasteiger partial charge is 0.416 e. The van der Waals surface area contributed by atoms with E-state index in [2.05, 4.69) is 30.0 Å². The van der Waals surface area contributed by atoms with E-state index in [9.17, 15) is 22.2 Å². The maximum absolute atomic E-state index is 13.0. The molecular weight excluding hydrogens is 507 g/mol. The van der Waals surface area contributed by atoms with Gasteiger partial charge in [-0.3, -0.25) is 9.78 Å². The van der Waals surface area contributed by atoms with Gasteiger partial charge in [-0.25, -0.2) is 9.19 Å². The van der Waals surface area contributed by atoms with Crippen LogP contribution in [0.5, 0.6) is 0 Å². The van der Waals surface area contributed by atoms with E-state index >= 15 is 0 Å². The number of rotatable bonds is 4. The minimum Gasteiger partial charge on any atom is -0.369 e. The molecule has 13 heteroatoms. The molecule has 0 spiro atoms. The summed E-state index contributed by atoms with van der Waals surface area (Å²) >= 11 is 0. The highest BCUT2D eigenvalue weighted by Crippen LogP contribution is 2.39. The lowest BCUT2D eigenvalue weighted by Gasteiger charge is -2.19. The first-order valence-electron chi connectivity index (χ1n) is 11.1.